The molecule has 1 aliphatic rings. The van der Waals surface area contributed by atoms with Crippen LogP contribution in [0, 0.1) is 0 Å². The van der Waals surface area contributed by atoms with Crippen molar-refractivity contribution in [3.05, 3.63) is 98.5 Å². The molecule has 3 aromatic carbocycles. The number of benzene rings is 3. The Morgan fingerprint density at radius 1 is 1.00 bits per heavy atom. The number of rotatable bonds is 5. The zero-order chi connectivity index (χ0) is 27.9. The predicted octanol–water partition coefficient (Wildman–Crippen LogP) is 7.76. The number of alkyl halides is 6. The molecule has 1 heterocycles. The molecule has 3 aromatic rings. The van der Waals surface area contributed by atoms with Crippen molar-refractivity contribution >= 4 is 44.8 Å². The molecule has 0 aromatic heterocycles. The van der Waals surface area contributed by atoms with E-state index in [4.69, 9.17) is 11.6 Å². The van der Waals surface area contributed by atoms with E-state index < -0.39 is 39.8 Å². The number of hydrogen-bond donors (Lipinski definition) is 1. The van der Waals surface area contributed by atoms with Gasteiger partial charge in [0.25, 0.3) is 0 Å². The van der Waals surface area contributed by atoms with E-state index >= 15 is 0 Å². The number of amides is 1. The van der Waals surface area contributed by atoms with Crippen LogP contribution in [0.3, 0.4) is 0 Å². The lowest BCUT2D eigenvalue weighted by atomic mass is 9.76. The minimum absolute atomic E-state index is 0.151. The molecule has 0 radical (unpaired) electrons. The van der Waals surface area contributed by atoms with Crippen molar-refractivity contribution in [3.8, 4) is 0 Å². The Bertz CT molecular complexity index is 1390. The number of nitrogens with zero attached hydrogens (tertiary/aromatic N) is 2. The van der Waals surface area contributed by atoms with Gasteiger partial charge < -0.3 is 5.32 Å². The maximum Gasteiger partial charge on any atom is 0.417 e. The second kappa shape index (κ2) is 10.3. The normalized spacial score (nSPS) is 17.9. The minimum Gasteiger partial charge on any atom is -0.324 e. The second-order valence-electron chi connectivity index (χ2n) is 8.90. The summed E-state index contributed by atoms with van der Waals surface area (Å²) in [7, 11) is 0. The van der Waals surface area contributed by atoms with E-state index in [-0.39, 0.29) is 23.2 Å². The van der Waals surface area contributed by atoms with E-state index in [1.165, 1.54) is 17.1 Å². The molecule has 0 aliphatic carbocycles. The molecule has 12 heteroatoms. The van der Waals surface area contributed by atoms with Crippen LogP contribution in [0.25, 0.3) is 0 Å². The Hall–Kier alpha value is -3.05. The van der Waals surface area contributed by atoms with E-state index in [0.717, 1.165) is 29.8 Å². The van der Waals surface area contributed by atoms with E-state index in [1.54, 1.807) is 0 Å². The van der Waals surface area contributed by atoms with Crippen LogP contribution in [0.15, 0.2) is 76.3 Å². The number of hydrazone groups is 1. The van der Waals surface area contributed by atoms with Crippen LogP contribution in [0.2, 0.25) is 5.02 Å². The molecule has 4 rings (SSSR count). The van der Waals surface area contributed by atoms with Crippen LogP contribution in [0.5, 0.6) is 0 Å². The molecule has 1 aliphatic heterocycles. The largest absolute Gasteiger partial charge is 0.417 e. The summed E-state index contributed by atoms with van der Waals surface area (Å²) in [6, 6.07) is 15.7. The molecule has 1 N–H and O–H groups in total. The topological polar surface area (TPSA) is 44.7 Å². The maximum absolute atomic E-state index is 13.2. The highest BCUT2D eigenvalue weighted by Gasteiger charge is 2.42. The number of carbonyl (C=O) groups excluding carboxylic acids is 1. The van der Waals surface area contributed by atoms with Crippen LogP contribution in [-0.2, 0) is 22.6 Å². The van der Waals surface area contributed by atoms with Gasteiger partial charge >= 0.3 is 12.4 Å². The van der Waals surface area contributed by atoms with Gasteiger partial charge in [0.05, 0.1) is 33.8 Å². The van der Waals surface area contributed by atoms with E-state index in [2.05, 4.69) is 26.3 Å². The maximum atomic E-state index is 13.2. The highest BCUT2D eigenvalue weighted by molar-refractivity contribution is 9.10. The van der Waals surface area contributed by atoms with Crippen LogP contribution < -0.4 is 5.32 Å². The molecule has 1 atom stereocenters. The Labute approximate surface area is 227 Å². The second-order valence-corrected chi connectivity index (χ2v) is 10.2. The Morgan fingerprint density at radius 2 is 1.63 bits per heavy atom. The third-order valence-corrected chi connectivity index (χ3v) is 7.07. The van der Waals surface area contributed by atoms with Crippen molar-refractivity contribution in [1.29, 1.82) is 0 Å². The zero-order valence-corrected chi connectivity index (χ0v) is 21.9. The molecule has 200 valence electrons. The van der Waals surface area contributed by atoms with Crippen LogP contribution in [0.4, 0.5) is 32.0 Å². The van der Waals surface area contributed by atoms with Gasteiger partial charge in [0, 0.05) is 15.7 Å². The quantitative estimate of drug-likeness (QED) is 0.297. The molecule has 0 spiro atoms. The first-order valence-electron chi connectivity index (χ1n) is 11.1. The molecule has 1 unspecified atom stereocenters. The van der Waals surface area contributed by atoms with Crippen molar-refractivity contribution in [3.63, 3.8) is 0 Å². The van der Waals surface area contributed by atoms with Crippen molar-refractivity contribution in [2.75, 3.05) is 18.4 Å². The smallest absolute Gasteiger partial charge is 0.324 e. The Morgan fingerprint density at radius 3 is 2.21 bits per heavy atom. The van der Waals surface area contributed by atoms with Crippen molar-refractivity contribution in [1.82, 2.24) is 5.01 Å². The van der Waals surface area contributed by atoms with Gasteiger partial charge in [-0.25, -0.2) is 0 Å². The van der Waals surface area contributed by atoms with Gasteiger partial charge in [-0.05, 0) is 42.8 Å². The fourth-order valence-electron chi connectivity index (χ4n) is 4.31. The molecule has 1 amide bonds. The van der Waals surface area contributed by atoms with Crippen molar-refractivity contribution in [2.24, 2.45) is 5.10 Å². The number of carbonyl (C=O) groups is 1. The van der Waals surface area contributed by atoms with Gasteiger partial charge in [-0.1, -0.05) is 63.9 Å². The minimum atomic E-state index is -4.62. The van der Waals surface area contributed by atoms with Crippen molar-refractivity contribution < 1.29 is 31.1 Å². The monoisotopic (exact) mass is 617 g/mol. The first-order valence-corrected chi connectivity index (χ1v) is 12.3. The number of nitrogens with one attached hydrogen (secondary N) is 1. The van der Waals surface area contributed by atoms with Gasteiger partial charge in [-0.3, -0.25) is 9.80 Å². The third kappa shape index (κ3) is 5.83. The lowest BCUT2D eigenvalue weighted by Gasteiger charge is -2.27. The highest BCUT2D eigenvalue weighted by atomic mass is 79.9. The lowest BCUT2D eigenvalue weighted by Crippen LogP contribution is -2.38. The molecule has 0 fully saturated rings. The van der Waals surface area contributed by atoms with E-state index in [0.29, 0.717) is 11.3 Å². The molecular weight excluding hydrogens is 600 g/mol. The summed E-state index contributed by atoms with van der Waals surface area (Å²) < 4.78 is 78.5. The number of hydrogen-bond acceptors (Lipinski definition) is 3. The van der Waals surface area contributed by atoms with Gasteiger partial charge in [-0.2, -0.15) is 31.4 Å². The number of halogens is 8. The molecule has 0 saturated heterocycles. The summed E-state index contributed by atoms with van der Waals surface area (Å²) in [5.41, 5.74) is -0.890. The van der Waals surface area contributed by atoms with Crippen LogP contribution in [-0.4, -0.2) is 29.7 Å². The predicted molar refractivity (Wildman–Crippen MR) is 136 cm³/mol. The molecule has 0 saturated carbocycles. The summed E-state index contributed by atoms with van der Waals surface area (Å²) in [6.07, 6.45) is -9.17. The van der Waals surface area contributed by atoms with Gasteiger partial charge in [0.2, 0.25) is 5.91 Å². The molecule has 38 heavy (non-hydrogen) atoms. The standard InChI is InChI=1S/C26H19BrClF6N3O/c1-24(16-5-3-2-4-6-16)14-37(36-23(24)15-7-9-19(21(28)11-15)26(32,33)34)13-22(38)35-17-8-10-18(20(27)12-17)25(29,30)31/h2-12H,13-14H2,1H3,(H,35,38). The first kappa shape index (κ1) is 28.0. The van der Waals surface area contributed by atoms with Gasteiger partial charge in [-0.15, -0.1) is 0 Å². The van der Waals surface area contributed by atoms with Crippen molar-refractivity contribution in [2.45, 2.75) is 24.7 Å². The average molecular weight is 619 g/mol. The van der Waals surface area contributed by atoms with E-state index in [9.17, 15) is 31.1 Å². The molecule has 4 nitrogen and oxygen atoms in total. The molecule has 0 bridgehead atoms. The molecular formula is C26H19BrClF6N3O. The summed E-state index contributed by atoms with van der Waals surface area (Å²) in [4.78, 5) is 12.8. The Kier molecular flexibility index (Phi) is 7.55. The average Bonchev–Trinajstić information content (AvgIpc) is 3.14. The first-order chi connectivity index (χ1) is 17.7. The fraction of sp³-hybridized carbons (Fsp3) is 0.231. The Balaban J connectivity index is 1.61. The van der Waals surface area contributed by atoms with E-state index in [1.807, 2.05) is 37.3 Å². The number of anilines is 1. The zero-order valence-electron chi connectivity index (χ0n) is 19.6. The lowest BCUT2D eigenvalue weighted by molar-refractivity contribution is -0.138. The summed E-state index contributed by atoms with van der Waals surface area (Å²) in [5, 5.41) is 8.09. The van der Waals surface area contributed by atoms with Gasteiger partial charge in [0.1, 0.15) is 6.54 Å². The van der Waals surface area contributed by atoms with Crippen LogP contribution in [0.1, 0.15) is 29.2 Å². The third-order valence-electron chi connectivity index (χ3n) is 6.11. The summed E-state index contributed by atoms with van der Waals surface area (Å²) in [6.45, 7) is 1.83. The fourth-order valence-corrected chi connectivity index (χ4v) is 5.20. The summed E-state index contributed by atoms with van der Waals surface area (Å²) >= 11 is 8.84. The van der Waals surface area contributed by atoms with Gasteiger partial charge in [0.15, 0.2) is 0 Å². The SMILES string of the molecule is CC1(c2ccccc2)CN(CC(=O)Nc2ccc(C(F)(F)F)c(Br)c2)N=C1c1ccc(C(F)(F)F)c(Cl)c1. The summed E-state index contributed by atoms with van der Waals surface area (Å²) in [5.74, 6) is -0.539. The highest BCUT2D eigenvalue weighted by Crippen LogP contribution is 2.39. The van der Waals surface area contributed by atoms with Crippen LogP contribution >= 0.6 is 27.5 Å².